The molecule has 4 aromatic carbocycles. The number of fused-ring (bicyclic) bond motifs is 4. The predicted octanol–water partition coefficient (Wildman–Crippen LogP) is 9.16. The van der Waals surface area contributed by atoms with Crippen LogP contribution in [0.15, 0.2) is 109 Å². The van der Waals surface area contributed by atoms with E-state index in [-0.39, 0.29) is 5.92 Å². The van der Waals surface area contributed by atoms with Crippen molar-refractivity contribution < 1.29 is 0 Å². The number of nitrogens with zero attached hydrogens (tertiary/aromatic N) is 4. The van der Waals surface area contributed by atoms with Crippen molar-refractivity contribution in [1.82, 2.24) is 19.9 Å². The van der Waals surface area contributed by atoms with Gasteiger partial charge in [-0.2, -0.15) is 0 Å². The van der Waals surface area contributed by atoms with E-state index in [0.717, 1.165) is 72.0 Å². The summed E-state index contributed by atoms with van der Waals surface area (Å²) < 4.78 is 0. The van der Waals surface area contributed by atoms with E-state index < -0.39 is 0 Å². The second-order valence-corrected chi connectivity index (χ2v) is 10.6. The Morgan fingerprint density at radius 2 is 1.30 bits per heavy atom. The largest absolute Gasteiger partial charge is 0.251 e. The Balaban J connectivity index is 1.45. The van der Waals surface area contributed by atoms with Crippen molar-refractivity contribution in [2.24, 2.45) is 0 Å². The molecule has 0 saturated carbocycles. The topological polar surface area (TPSA) is 51.6 Å². The van der Waals surface area contributed by atoms with E-state index in [1.807, 2.05) is 37.3 Å². The molecule has 0 radical (unpaired) electrons. The molecule has 7 rings (SSSR count). The van der Waals surface area contributed by atoms with Gasteiger partial charge in [0.1, 0.15) is 0 Å². The molecular formula is C36H28N4. The van der Waals surface area contributed by atoms with E-state index in [4.69, 9.17) is 19.9 Å². The number of rotatable bonds is 4. The van der Waals surface area contributed by atoms with Crippen LogP contribution in [0.2, 0.25) is 0 Å². The molecule has 0 atom stereocenters. The minimum absolute atomic E-state index is 0.281. The Bertz CT molecular complexity index is 2040. The zero-order chi connectivity index (χ0) is 27.2. The highest BCUT2D eigenvalue weighted by molar-refractivity contribution is 6.08. The summed E-state index contributed by atoms with van der Waals surface area (Å²) in [5.41, 5.74) is 10.1. The molecule has 0 aliphatic rings. The van der Waals surface area contributed by atoms with Gasteiger partial charge in [-0.1, -0.05) is 98.8 Å². The van der Waals surface area contributed by atoms with Gasteiger partial charge in [-0.05, 0) is 48.2 Å². The van der Waals surface area contributed by atoms with Crippen LogP contribution in [0.1, 0.15) is 31.2 Å². The Morgan fingerprint density at radius 1 is 0.550 bits per heavy atom. The normalized spacial score (nSPS) is 11.6. The van der Waals surface area contributed by atoms with Gasteiger partial charge in [0.25, 0.3) is 0 Å². The number of para-hydroxylation sites is 1. The minimum atomic E-state index is 0.281. The number of hydrogen-bond acceptors (Lipinski definition) is 4. The fourth-order valence-corrected chi connectivity index (χ4v) is 5.37. The molecule has 4 nitrogen and oxygen atoms in total. The van der Waals surface area contributed by atoms with Gasteiger partial charge in [-0.25, -0.2) is 9.97 Å². The Morgan fingerprint density at radius 3 is 2.15 bits per heavy atom. The van der Waals surface area contributed by atoms with Crippen LogP contribution in [0.4, 0.5) is 0 Å². The van der Waals surface area contributed by atoms with Crippen molar-refractivity contribution in [3.05, 3.63) is 121 Å². The average Bonchev–Trinajstić information content (AvgIpc) is 3.00. The van der Waals surface area contributed by atoms with Crippen LogP contribution in [0, 0.1) is 6.92 Å². The molecule has 0 bridgehead atoms. The Labute approximate surface area is 233 Å². The molecule has 3 heterocycles. The zero-order valence-corrected chi connectivity index (χ0v) is 22.8. The van der Waals surface area contributed by atoms with E-state index in [9.17, 15) is 0 Å². The third kappa shape index (κ3) is 4.18. The zero-order valence-electron chi connectivity index (χ0n) is 22.8. The lowest BCUT2D eigenvalue weighted by Crippen LogP contribution is -1.98. The summed E-state index contributed by atoms with van der Waals surface area (Å²) in [6.45, 7) is 6.40. The van der Waals surface area contributed by atoms with Gasteiger partial charge in [-0.3, -0.25) is 9.97 Å². The van der Waals surface area contributed by atoms with Crippen LogP contribution in [0.25, 0.3) is 66.5 Å². The first-order chi connectivity index (χ1) is 19.5. The van der Waals surface area contributed by atoms with E-state index in [1.54, 1.807) is 0 Å². The van der Waals surface area contributed by atoms with Crippen molar-refractivity contribution in [2.75, 3.05) is 0 Å². The first-order valence-electron chi connectivity index (χ1n) is 13.7. The molecular weight excluding hydrogens is 488 g/mol. The van der Waals surface area contributed by atoms with Gasteiger partial charge in [0, 0.05) is 38.7 Å². The maximum absolute atomic E-state index is 5.10. The molecule has 0 spiro atoms. The van der Waals surface area contributed by atoms with Crippen molar-refractivity contribution in [2.45, 2.75) is 26.7 Å². The smallest absolute Gasteiger partial charge is 0.160 e. The highest BCUT2D eigenvalue weighted by atomic mass is 14.9. The monoisotopic (exact) mass is 516 g/mol. The van der Waals surface area contributed by atoms with Gasteiger partial charge in [0.05, 0.1) is 22.2 Å². The molecule has 40 heavy (non-hydrogen) atoms. The van der Waals surface area contributed by atoms with Crippen LogP contribution in [0.3, 0.4) is 0 Å². The number of benzene rings is 4. The summed E-state index contributed by atoms with van der Waals surface area (Å²) in [5, 5.41) is 3.24. The molecule has 0 unspecified atom stereocenters. The van der Waals surface area contributed by atoms with Crippen LogP contribution in [0.5, 0.6) is 0 Å². The Hall–Kier alpha value is -4.96. The number of hydrogen-bond donors (Lipinski definition) is 0. The van der Waals surface area contributed by atoms with Gasteiger partial charge in [0.2, 0.25) is 0 Å². The number of pyridine rings is 2. The molecule has 0 amide bonds. The van der Waals surface area contributed by atoms with E-state index in [2.05, 4.69) is 92.7 Å². The third-order valence-electron chi connectivity index (χ3n) is 7.47. The fourth-order valence-electron chi connectivity index (χ4n) is 5.37. The summed E-state index contributed by atoms with van der Waals surface area (Å²) in [7, 11) is 0. The summed E-state index contributed by atoms with van der Waals surface area (Å²) in [6, 6.07) is 37.8. The number of aryl methyl sites for hydroxylation is 1. The van der Waals surface area contributed by atoms with E-state index in [0.29, 0.717) is 5.82 Å². The standard InChI is InChI=1S/C36H28N4/c1-22(2)32-21-30(28-19-18-25-17-16-23(3)37-34(25)35(28)38-32)26-12-9-13-27(20-26)36-39-31-15-8-7-14-29(31)33(40-36)24-10-5-4-6-11-24/h4-22H,1-3H3. The fraction of sp³-hybridized carbons (Fsp3) is 0.111. The highest BCUT2D eigenvalue weighted by Gasteiger charge is 2.16. The molecule has 0 N–H and O–H groups in total. The van der Waals surface area contributed by atoms with Gasteiger partial charge < -0.3 is 0 Å². The summed E-state index contributed by atoms with van der Waals surface area (Å²) in [4.78, 5) is 20.1. The molecule has 0 aliphatic heterocycles. The molecule has 3 aromatic heterocycles. The maximum Gasteiger partial charge on any atom is 0.160 e. The second kappa shape index (κ2) is 9.65. The third-order valence-corrected chi connectivity index (χ3v) is 7.47. The highest BCUT2D eigenvalue weighted by Crippen LogP contribution is 2.36. The van der Waals surface area contributed by atoms with E-state index >= 15 is 0 Å². The molecule has 0 aliphatic carbocycles. The lowest BCUT2D eigenvalue weighted by molar-refractivity contribution is 0.831. The molecule has 192 valence electrons. The first-order valence-corrected chi connectivity index (χ1v) is 13.7. The van der Waals surface area contributed by atoms with Crippen molar-refractivity contribution in [3.63, 3.8) is 0 Å². The van der Waals surface area contributed by atoms with Crippen molar-refractivity contribution in [1.29, 1.82) is 0 Å². The number of aromatic nitrogens is 4. The van der Waals surface area contributed by atoms with Gasteiger partial charge >= 0.3 is 0 Å². The summed E-state index contributed by atoms with van der Waals surface area (Å²) in [5.74, 6) is 0.994. The lowest BCUT2D eigenvalue weighted by Gasteiger charge is -2.15. The average molecular weight is 517 g/mol. The van der Waals surface area contributed by atoms with Gasteiger partial charge in [0.15, 0.2) is 5.82 Å². The first kappa shape index (κ1) is 24.1. The summed E-state index contributed by atoms with van der Waals surface area (Å²) in [6.07, 6.45) is 0. The SMILES string of the molecule is Cc1ccc2ccc3c(-c4cccc(-c5nc(-c6ccccc6)c6ccccc6n5)c4)cc(C(C)C)nc3c2n1. The second-order valence-electron chi connectivity index (χ2n) is 10.6. The molecule has 0 saturated heterocycles. The van der Waals surface area contributed by atoms with Crippen molar-refractivity contribution >= 4 is 32.7 Å². The summed E-state index contributed by atoms with van der Waals surface area (Å²) >= 11 is 0. The van der Waals surface area contributed by atoms with E-state index in [1.165, 1.54) is 0 Å². The molecule has 4 heteroatoms. The van der Waals surface area contributed by atoms with Crippen LogP contribution in [-0.4, -0.2) is 19.9 Å². The minimum Gasteiger partial charge on any atom is -0.251 e. The van der Waals surface area contributed by atoms with Gasteiger partial charge in [-0.15, -0.1) is 0 Å². The van der Waals surface area contributed by atoms with Crippen LogP contribution >= 0.6 is 0 Å². The van der Waals surface area contributed by atoms with Crippen molar-refractivity contribution in [3.8, 4) is 33.8 Å². The molecule has 7 aromatic rings. The predicted molar refractivity (Wildman–Crippen MR) is 165 cm³/mol. The van der Waals surface area contributed by atoms with Crippen LogP contribution < -0.4 is 0 Å². The Kier molecular flexibility index (Phi) is 5.82. The quantitative estimate of drug-likeness (QED) is 0.219. The molecule has 0 fully saturated rings. The lowest BCUT2D eigenvalue weighted by atomic mass is 9.95. The van der Waals surface area contributed by atoms with Crippen LogP contribution in [-0.2, 0) is 0 Å². The maximum atomic E-state index is 5.10.